The second-order valence-electron chi connectivity index (χ2n) is 4.74. The average molecular weight is 304 g/mol. The molecule has 2 aromatic carbocycles. The molecule has 0 aliphatic carbocycles. The summed E-state index contributed by atoms with van der Waals surface area (Å²) in [6.45, 7) is 1.25. The molecular formula is C16H18ClN3O. The molecule has 0 bridgehead atoms. The summed E-state index contributed by atoms with van der Waals surface area (Å²) in [5.74, 6) is -0.189. The number of hydrogen-bond donors (Lipinski definition) is 2. The first-order valence-corrected chi connectivity index (χ1v) is 7.05. The van der Waals surface area contributed by atoms with Gasteiger partial charge in [0.15, 0.2) is 0 Å². The maximum absolute atomic E-state index is 12.0. The van der Waals surface area contributed by atoms with Crippen LogP contribution in [0.3, 0.4) is 0 Å². The van der Waals surface area contributed by atoms with Crippen LogP contribution in [0.4, 0.5) is 11.4 Å². The molecule has 0 radical (unpaired) electrons. The third-order valence-electron chi connectivity index (χ3n) is 3.19. The summed E-state index contributed by atoms with van der Waals surface area (Å²) in [4.78, 5) is 14.1. The van der Waals surface area contributed by atoms with E-state index in [1.54, 1.807) is 18.2 Å². The number of nitrogens with one attached hydrogen (secondary N) is 1. The highest BCUT2D eigenvalue weighted by Gasteiger charge is 2.09. The van der Waals surface area contributed by atoms with E-state index in [9.17, 15) is 4.79 Å². The number of nitrogen functional groups attached to an aromatic ring is 1. The zero-order valence-corrected chi connectivity index (χ0v) is 12.6. The van der Waals surface area contributed by atoms with Crippen molar-refractivity contribution in [3.63, 3.8) is 0 Å². The van der Waals surface area contributed by atoms with E-state index >= 15 is 0 Å². The Labute approximate surface area is 129 Å². The summed E-state index contributed by atoms with van der Waals surface area (Å²) in [6, 6.07) is 14.9. The van der Waals surface area contributed by atoms with Gasteiger partial charge in [0.2, 0.25) is 0 Å². The van der Waals surface area contributed by atoms with Crippen LogP contribution in [-0.4, -0.2) is 26.0 Å². The lowest BCUT2D eigenvalue weighted by Gasteiger charge is -2.19. The molecule has 3 N–H and O–H groups in total. The Morgan fingerprint density at radius 1 is 1.24 bits per heavy atom. The summed E-state index contributed by atoms with van der Waals surface area (Å²) in [6.07, 6.45) is 0. The van der Waals surface area contributed by atoms with Gasteiger partial charge in [0.1, 0.15) is 0 Å². The lowest BCUT2D eigenvalue weighted by Crippen LogP contribution is -2.33. The predicted octanol–water partition coefficient (Wildman–Crippen LogP) is 2.79. The number of amides is 1. The maximum Gasteiger partial charge on any atom is 0.253 e. The predicted molar refractivity (Wildman–Crippen MR) is 87.9 cm³/mol. The van der Waals surface area contributed by atoms with Gasteiger partial charge in [-0.25, -0.2) is 0 Å². The standard InChI is InChI=1S/C16H18ClN3O/c1-20(13-5-3-2-4-6-13)10-9-19-16(21)14-8-7-12(17)11-15(14)18/h2-8,11H,9-10,18H2,1H3,(H,19,21). The topological polar surface area (TPSA) is 58.4 Å². The molecule has 0 spiro atoms. The minimum Gasteiger partial charge on any atom is -0.398 e. The molecule has 0 unspecified atom stereocenters. The number of nitrogens with zero attached hydrogens (tertiary/aromatic N) is 1. The van der Waals surface area contributed by atoms with Gasteiger partial charge in [0, 0.05) is 36.5 Å². The van der Waals surface area contributed by atoms with Gasteiger partial charge in [-0.1, -0.05) is 29.8 Å². The summed E-state index contributed by atoms with van der Waals surface area (Å²) in [5, 5.41) is 3.38. The van der Waals surface area contributed by atoms with Gasteiger partial charge in [-0.2, -0.15) is 0 Å². The first-order valence-electron chi connectivity index (χ1n) is 6.67. The molecule has 0 heterocycles. The van der Waals surface area contributed by atoms with Crippen molar-refractivity contribution in [2.75, 3.05) is 30.8 Å². The molecule has 2 aromatic rings. The molecule has 0 aliphatic rings. The van der Waals surface area contributed by atoms with Gasteiger partial charge in [-0.05, 0) is 30.3 Å². The Bertz CT molecular complexity index is 616. The van der Waals surface area contributed by atoms with Crippen LogP contribution in [0.2, 0.25) is 5.02 Å². The van der Waals surface area contributed by atoms with E-state index in [1.807, 2.05) is 37.4 Å². The van der Waals surface area contributed by atoms with Crippen molar-refractivity contribution in [1.29, 1.82) is 0 Å². The van der Waals surface area contributed by atoms with Gasteiger partial charge < -0.3 is 16.0 Å². The largest absolute Gasteiger partial charge is 0.398 e. The molecule has 0 aromatic heterocycles. The highest BCUT2D eigenvalue weighted by Crippen LogP contribution is 2.17. The molecule has 0 saturated heterocycles. The zero-order chi connectivity index (χ0) is 15.2. The van der Waals surface area contributed by atoms with E-state index < -0.39 is 0 Å². The number of hydrogen-bond acceptors (Lipinski definition) is 3. The second-order valence-corrected chi connectivity index (χ2v) is 5.18. The molecule has 0 fully saturated rings. The van der Waals surface area contributed by atoms with Crippen molar-refractivity contribution < 1.29 is 4.79 Å². The molecule has 0 aliphatic heterocycles. The van der Waals surface area contributed by atoms with Crippen LogP contribution in [0.5, 0.6) is 0 Å². The summed E-state index contributed by atoms with van der Waals surface area (Å²) in [5.41, 5.74) is 7.73. The molecule has 0 saturated carbocycles. The third kappa shape index (κ3) is 4.13. The van der Waals surface area contributed by atoms with E-state index in [-0.39, 0.29) is 5.91 Å². The minimum atomic E-state index is -0.189. The van der Waals surface area contributed by atoms with Crippen molar-refractivity contribution >= 4 is 28.9 Å². The van der Waals surface area contributed by atoms with Crippen molar-refractivity contribution in [1.82, 2.24) is 5.32 Å². The van der Waals surface area contributed by atoms with E-state index in [1.165, 1.54) is 0 Å². The number of halogens is 1. The number of carbonyl (C=O) groups is 1. The van der Waals surface area contributed by atoms with Crippen LogP contribution in [0.25, 0.3) is 0 Å². The van der Waals surface area contributed by atoms with Crippen LogP contribution < -0.4 is 16.0 Å². The average Bonchev–Trinajstić information content (AvgIpc) is 2.47. The van der Waals surface area contributed by atoms with Crippen molar-refractivity contribution in [3.8, 4) is 0 Å². The van der Waals surface area contributed by atoms with Gasteiger partial charge in [-0.15, -0.1) is 0 Å². The number of likely N-dealkylation sites (N-methyl/N-ethyl adjacent to an activating group) is 1. The van der Waals surface area contributed by atoms with E-state index in [2.05, 4.69) is 10.2 Å². The Kier molecular flexibility index (Phi) is 5.06. The zero-order valence-electron chi connectivity index (χ0n) is 11.8. The van der Waals surface area contributed by atoms with Gasteiger partial charge in [0.05, 0.1) is 5.56 Å². The first-order chi connectivity index (χ1) is 10.1. The first kappa shape index (κ1) is 15.2. The van der Waals surface area contributed by atoms with E-state index in [0.717, 1.165) is 5.69 Å². The van der Waals surface area contributed by atoms with Gasteiger partial charge >= 0.3 is 0 Å². The smallest absolute Gasteiger partial charge is 0.253 e. The van der Waals surface area contributed by atoms with Gasteiger partial charge in [0.25, 0.3) is 5.91 Å². The lowest BCUT2D eigenvalue weighted by atomic mass is 10.1. The van der Waals surface area contributed by atoms with E-state index in [0.29, 0.717) is 29.4 Å². The molecule has 0 atom stereocenters. The van der Waals surface area contributed by atoms with Crippen LogP contribution in [0.1, 0.15) is 10.4 Å². The molecule has 21 heavy (non-hydrogen) atoms. The highest BCUT2D eigenvalue weighted by molar-refractivity contribution is 6.31. The molecule has 1 amide bonds. The Morgan fingerprint density at radius 2 is 1.95 bits per heavy atom. The number of carbonyl (C=O) groups excluding carboxylic acids is 1. The number of benzene rings is 2. The SMILES string of the molecule is CN(CCNC(=O)c1ccc(Cl)cc1N)c1ccccc1. The summed E-state index contributed by atoms with van der Waals surface area (Å²) >= 11 is 5.82. The summed E-state index contributed by atoms with van der Waals surface area (Å²) in [7, 11) is 1.98. The Hall–Kier alpha value is -2.20. The van der Waals surface area contributed by atoms with Crippen LogP contribution in [0.15, 0.2) is 48.5 Å². The highest BCUT2D eigenvalue weighted by atomic mass is 35.5. The van der Waals surface area contributed by atoms with Crippen LogP contribution in [-0.2, 0) is 0 Å². The summed E-state index contributed by atoms with van der Waals surface area (Å²) < 4.78 is 0. The van der Waals surface area contributed by atoms with Crippen molar-refractivity contribution in [2.24, 2.45) is 0 Å². The fourth-order valence-corrected chi connectivity index (χ4v) is 2.16. The Balaban J connectivity index is 1.87. The van der Waals surface area contributed by atoms with Crippen molar-refractivity contribution in [3.05, 3.63) is 59.1 Å². The number of rotatable bonds is 5. The van der Waals surface area contributed by atoms with Crippen LogP contribution in [0, 0.1) is 0 Å². The number of para-hydroxylation sites is 1. The van der Waals surface area contributed by atoms with Gasteiger partial charge in [-0.3, -0.25) is 4.79 Å². The molecule has 4 nitrogen and oxygen atoms in total. The number of anilines is 2. The maximum atomic E-state index is 12.0. The van der Waals surface area contributed by atoms with Crippen molar-refractivity contribution in [2.45, 2.75) is 0 Å². The normalized spacial score (nSPS) is 10.2. The molecule has 2 rings (SSSR count). The third-order valence-corrected chi connectivity index (χ3v) is 3.42. The van der Waals surface area contributed by atoms with E-state index in [4.69, 9.17) is 17.3 Å². The number of nitrogens with two attached hydrogens (primary N) is 1. The molecular weight excluding hydrogens is 286 g/mol. The molecule has 110 valence electrons. The fraction of sp³-hybridized carbons (Fsp3) is 0.188. The quantitative estimate of drug-likeness (QED) is 0.835. The monoisotopic (exact) mass is 303 g/mol. The molecule has 5 heteroatoms. The lowest BCUT2D eigenvalue weighted by molar-refractivity contribution is 0.0955. The fourth-order valence-electron chi connectivity index (χ4n) is 1.98. The van der Waals surface area contributed by atoms with Crippen LogP contribution >= 0.6 is 11.6 Å². The Morgan fingerprint density at radius 3 is 2.62 bits per heavy atom. The second kappa shape index (κ2) is 6.99. The minimum absolute atomic E-state index is 0.189.